The third-order valence-corrected chi connectivity index (χ3v) is 1.81. The van der Waals surface area contributed by atoms with Crippen molar-refractivity contribution in [2.45, 2.75) is 25.9 Å². The van der Waals surface area contributed by atoms with Crippen molar-refractivity contribution in [3.8, 4) is 0 Å². The number of hydrogen-bond acceptors (Lipinski definition) is 0. The van der Waals surface area contributed by atoms with Crippen LogP contribution in [0, 0.1) is 0 Å². The summed E-state index contributed by atoms with van der Waals surface area (Å²) in [6.07, 6.45) is 6.10. The van der Waals surface area contributed by atoms with Crippen LogP contribution in [0.15, 0.2) is 23.8 Å². The molecule has 0 fully saturated rings. The van der Waals surface area contributed by atoms with E-state index in [0.717, 1.165) is 5.57 Å². The summed E-state index contributed by atoms with van der Waals surface area (Å²) in [7, 11) is 0. The van der Waals surface area contributed by atoms with Crippen molar-refractivity contribution >= 4 is 0 Å². The van der Waals surface area contributed by atoms with Crippen LogP contribution in [-0.2, 0) is 0 Å². The predicted molar refractivity (Wildman–Crippen MR) is 37.0 cm³/mol. The molecular formula is C8H11F. The van der Waals surface area contributed by atoms with Crippen LogP contribution in [0.1, 0.15) is 20.3 Å². The first-order valence-corrected chi connectivity index (χ1v) is 3.16. The summed E-state index contributed by atoms with van der Waals surface area (Å²) in [6.45, 7) is 3.44. The van der Waals surface area contributed by atoms with Gasteiger partial charge in [0.25, 0.3) is 0 Å². The van der Waals surface area contributed by atoms with E-state index in [-0.39, 0.29) is 0 Å². The smallest absolute Gasteiger partial charge is 0.132 e. The van der Waals surface area contributed by atoms with E-state index in [1.807, 2.05) is 25.2 Å². The second-order valence-corrected chi connectivity index (χ2v) is 2.68. The van der Waals surface area contributed by atoms with Gasteiger partial charge in [-0.3, -0.25) is 0 Å². The van der Waals surface area contributed by atoms with Crippen molar-refractivity contribution in [1.82, 2.24) is 0 Å². The summed E-state index contributed by atoms with van der Waals surface area (Å²) in [6, 6.07) is 0. The Hall–Kier alpha value is -0.590. The van der Waals surface area contributed by atoms with Gasteiger partial charge in [-0.1, -0.05) is 18.2 Å². The molecule has 0 saturated heterocycles. The van der Waals surface area contributed by atoms with Gasteiger partial charge in [0.2, 0.25) is 0 Å². The third kappa shape index (κ3) is 1.21. The first-order chi connectivity index (χ1) is 4.13. The highest BCUT2D eigenvalue weighted by Gasteiger charge is 2.24. The standard InChI is InChI=1S/C8H11F/c1-7-5-3-4-6-8(7,2)9/h3-5H,6H2,1-2H3. The Labute approximate surface area is 55.1 Å². The molecule has 0 nitrogen and oxygen atoms in total. The van der Waals surface area contributed by atoms with Crippen molar-refractivity contribution in [3.63, 3.8) is 0 Å². The molecular weight excluding hydrogens is 115 g/mol. The zero-order valence-electron chi connectivity index (χ0n) is 5.82. The van der Waals surface area contributed by atoms with Gasteiger partial charge in [-0.15, -0.1) is 0 Å². The Bertz CT molecular complexity index is 163. The molecule has 0 heterocycles. The molecule has 1 aliphatic rings. The molecule has 0 amide bonds. The average molecular weight is 126 g/mol. The summed E-state index contributed by atoms with van der Waals surface area (Å²) >= 11 is 0. The minimum absolute atomic E-state index is 0.523. The summed E-state index contributed by atoms with van der Waals surface area (Å²) in [5.41, 5.74) is -0.264. The van der Waals surface area contributed by atoms with E-state index in [0.29, 0.717) is 6.42 Å². The lowest BCUT2D eigenvalue weighted by molar-refractivity contribution is 0.241. The van der Waals surface area contributed by atoms with E-state index in [1.54, 1.807) is 6.92 Å². The number of hydrogen-bond donors (Lipinski definition) is 0. The molecule has 1 aliphatic carbocycles. The molecule has 0 aromatic rings. The molecule has 0 radical (unpaired) electrons. The Balaban J connectivity index is 2.83. The first-order valence-electron chi connectivity index (χ1n) is 3.16. The average Bonchev–Trinajstić information content (AvgIpc) is 1.77. The molecule has 0 N–H and O–H groups in total. The van der Waals surface area contributed by atoms with Gasteiger partial charge in [0.05, 0.1) is 0 Å². The van der Waals surface area contributed by atoms with Crippen LogP contribution in [0.4, 0.5) is 4.39 Å². The van der Waals surface area contributed by atoms with Crippen LogP contribution in [0.5, 0.6) is 0 Å². The number of alkyl halides is 1. The maximum absolute atomic E-state index is 13.1. The van der Waals surface area contributed by atoms with E-state index in [2.05, 4.69) is 0 Å². The van der Waals surface area contributed by atoms with Crippen molar-refractivity contribution in [2.24, 2.45) is 0 Å². The molecule has 0 aliphatic heterocycles. The van der Waals surface area contributed by atoms with Gasteiger partial charge < -0.3 is 0 Å². The van der Waals surface area contributed by atoms with Gasteiger partial charge in [-0.05, 0) is 19.4 Å². The normalized spacial score (nSPS) is 34.3. The molecule has 50 valence electrons. The van der Waals surface area contributed by atoms with E-state index < -0.39 is 5.67 Å². The SMILES string of the molecule is CC1=CC=CCC1(C)F. The Morgan fingerprint density at radius 2 is 2.33 bits per heavy atom. The molecule has 0 saturated carbocycles. The molecule has 0 spiro atoms. The second-order valence-electron chi connectivity index (χ2n) is 2.68. The van der Waals surface area contributed by atoms with Gasteiger partial charge in [0.15, 0.2) is 0 Å². The number of allylic oxidation sites excluding steroid dienone is 4. The molecule has 0 aromatic heterocycles. The fourth-order valence-electron chi connectivity index (χ4n) is 0.836. The minimum atomic E-state index is -1.09. The summed E-state index contributed by atoms with van der Waals surface area (Å²) in [4.78, 5) is 0. The fraction of sp³-hybridized carbons (Fsp3) is 0.500. The second kappa shape index (κ2) is 1.98. The number of rotatable bonds is 0. The molecule has 1 unspecified atom stereocenters. The Kier molecular flexibility index (Phi) is 1.43. The van der Waals surface area contributed by atoms with Gasteiger partial charge in [0.1, 0.15) is 5.67 Å². The van der Waals surface area contributed by atoms with Crippen molar-refractivity contribution in [1.29, 1.82) is 0 Å². The third-order valence-electron chi connectivity index (χ3n) is 1.81. The van der Waals surface area contributed by atoms with Gasteiger partial charge in [-0.25, -0.2) is 4.39 Å². The zero-order valence-corrected chi connectivity index (χ0v) is 5.82. The Morgan fingerprint density at radius 3 is 2.67 bits per heavy atom. The molecule has 0 aromatic carbocycles. The van der Waals surface area contributed by atoms with E-state index in [9.17, 15) is 4.39 Å². The predicted octanol–water partition coefficient (Wildman–Crippen LogP) is 2.62. The highest BCUT2D eigenvalue weighted by molar-refractivity contribution is 5.25. The Morgan fingerprint density at radius 1 is 1.67 bits per heavy atom. The summed E-state index contributed by atoms with van der Waals surface area (Å²) in [5.74, 6) is 0. The van der Waals surface area contributed by atoms with Gasteiger partial charge >= 0.3 is 0 Å². The van der Waals surface area contributed by atoms with Crippen LogP contribution < -0.4 is 0 Å². The maximum atomic E-state index is 13.1. The quantitative estimate of drug-likeness (QED) is 0.468. The molecule has 1 heteroatoms. The molecule has 0 bridgehead atoms. The van der Waals surface area contributed by atoms with Crippen molar-refractivity contribution < 1.29 is 4.39 Å². The molecule has 1 rings (SSSR count). The van der Waals surface area contributed by atoms with Gasteiger partial charge in [0, 0.05) is 6.42 Å². The monoisotopic (exact) mass is 126 g/mol. The lowest BCUT2D eigenvalue weighted by Gasteiger charge is -2.21. The number of halogens is 1. The van der Waals surface area contributed by atoms with Crippen LogP contribution in [0.3, 0.4) is 0 Å². The lowest BCUT2D eigenvalue weighted by Crippen LogP contribution is -2.19. The van der Waals surface area contributed by atoms with Crippen LogP contribution in [-0.4, -0.2) is 5.67 Å². The molecule has 9 heavy (non-hydrogen) atoms. The van der Waals surface area contributed by atoms with Crippen LogP contribution in [0.25, 0.3) is 0 Å². The summed E-state index contributed by atoms with van der Waals surface area (Å²) in [5, 5.41) is 0. The van der Waals surface area contributed by atoms with Gasteiger partial charge in [-0.2, -0.15) is 0 Å². The van der Waals surface area contributed by atoms with E-state index >= 15 is 0 Å². The molecule has 1 atom stereocenters. The van der Waals surface area contributed by atoms with Crippen LogP contribution >= 0.6 is 0 Å². The minimum Gasteiger partial charge on any atom is -0.239 e. The first kappa shape index (κ1) is 6.53. The highest BCUT2D eigenvalue weighted by atomic mass is 19.1. The lowest BCUT2D eigenvalue weighted by atomic mass is 9.92. The zero-order chi connectivity index (χ0) is 6.91. The topological polar surface area (TPSA) is 0 Å². The summed E-state index contributed by atoms with van der Waals surface area (Å²) < 4.78 is 13.1. The largest absolute Gasteiger partial charge is 0.239 e. The van der Waals surface area contributed by atoms with Crippen LogP contribution in [0.2, 0.25) is 0 Å². The van der Waals surface area contributed by atoms with E-state index in [4.69, 9.17) is 0 Å². The van der Waals surface area contributed by atoms with Crippen molar-refractivity contribution in [3.05, 3.63) is 23.8 Å². The van der Waals surface area contributed by atoms with Crippen molar-refractivity contribution in [2.75, 3.05) is 0 Å². The maximum Gasteiger partial charge on any atom is 0.132 e. The highest BCUT2D eigenvalue weighted by Crippen LogP contribution is 2.28. The fourth-order valence-corrected chi connectivity index (χ4v) is 0.836. The van der Waals surface area contributed by atoms with E-state index in [1.165, 1.54) is 0 Å².